The monoisotopic (exact) mass is 1330 g/mol. The number of carboxylic acid groups (broad SMARTS) is 3. The van der Waals surface area contributed by atoms with Gasteiger partial charge >= 0.3 is 17.9 Å². The van der Waals surface area contributed by atoms with Crippen LogP contribution in [-0.4, -0.2) is 91.7 Å². The van der Waals surface area contributed by atoms with Gasteiger partial charge in [-0.1, -0.05) is 53.7 Å². The van der Waals surface area contributed by atoms with Crippen LogP contribution in [0.2, 0.25) is 0 Å². The SMILES string of the molecule is COc1c(-c2c(C(C)C)n(-c3ccc(F)cc3)c3cc4cn[nH]c4cc23)ccc(C(=O)O)c1F.COc1ccc(-c2c(C(C)C)n(-c3ccc(F)cc3)c3cc4cn[nH]c4cc23)cc1C(=O)O.Cc1ccc(C(=O)O)cc1-c1c(C(C)C)n(-c2ccc(F)cc2)c2cc3cn[nH]c3cc12. The third-order valence-electron chi connectivity index (χ3n) is 17.9. The number of rotatable bonds is 14. The zero-order chi connectivity index (χ0) is 70.0. The zero-order valence-electron chi connectivity index (χ0n) is 55.1. The van der Waals surface area contributed by atoms with Crippen molar-refractivity contribution in [2.24, 2.45) is 0 Å². The van der Waals surface area contributed by atoms with Gasteiger partial charge in [0.1, 0.15) is 28.8 Å². The molecule has 15 aromatic rings. The number of aromatic nitrogens is 9. The van der Waals surface area contributed by atoms with E-state index < -0.39 is 29.3 Å². The van der Waals surface area contributed by atoms with Crippen LogP contribution in [0.15, 0.2) is 176 Å². The van der Waals surface area contributed by atoms with Crippen molar-refractivity contribution in [3.05, 3.63) is 239 Å². The maximum absolute atomic E-state index is 15.2. The summed E-state index contributed by atoms with van der Waals surface area (Å²) in [6, 6.07) is 44.3. The molecule has 0 radical (unpaired) electrons. The van der Waals surface area contributed by atoms with Crippen LogP contribution in [0.3, 0.4) is 0 Å². The molecule has 0 aliphatic heterocycles. The predicted molar refractivity (Wildman–Crippen MR) is 376 cm³/mol. The van der Waals surface area contributed by atoms with E-state index in [0.29, 0.717) is 16.9 Å². The second-order valence-corrected chi connectivity index (χ2v) is 25.0. The largest absolute Gasteiger partial charge is 0.496 e. The van der Waals surface area contributed by atoms with Crippen molar-refractivity contribution >= 4 is 83.3 Å². The highest BCUT2D eigenvalue weighted by atomic mass is 19.1. The minimum atomic E-state index is -1.38. The lowest BCUT2D eigenvalue weighted by Gasteiger charge is -2.17. The van der Waals surface area contributed by atoms with Crippen LogP contribution in [0, 0.1) is 30.2 Å². The Morgan fingerprint density at radius 2 is 0.838 bits per heavy atom. The Kier molecular flexibility index (Phi) is 17.2. The van der Waals surface area contributed by atoms with Gasteiger partial charge in [0, 0.05) is 88.7 Å². The average Bonchev–Trinajstić information content (AvgIpc) is 1.59. The van der Waals surface area contributed by atoms with Gasteiger partial charge in [0.05, 0.1) is 77.0 Å². The van der Waals surface area contributed by atoms with Gasteiger partial charge in [-0.25, -0.2) is 31.9 Å². The van der Waals surface area contributed by atoms with Gasteiger partial charge in [0.2, 0.25) is 0 Å². The molecule has 17 nitrogen and oxygen atoms in total. The van der Waals surface area contributed by atoms with Crippen LogP contribution < -0.4 is 9.47 Å². The maximum atomic E-state index is 15.2. The van der Waals surface area contributed by atoms with Gasteiger partial charge in [-0.3, -0.25) is 15.3 Å². The smallest absolute Gasteiger partial charge is 0.339 e. The number of halogens is 4. The molecule has 9 aromatic carbocycles. The van der Waals surface area contributed by atoms with Crippen molar-refractivity contribution in [2.45, 2.75) is 66.2 Å². The second kappa shape index (κ2) is 26.0. The standard InChI is InChI=1S/C26H21F2N3O3.C26H22FN3O3.C26H22FN3O2/c1-13(2)24-22(17-8-9-18(26(32)33)23(28)25(17)34-3)19-11-20-14(12-29-30-20)10-21(19)31(24)16-6-4-15(27)5-7-16;1-14(2)25-24(15-4-9-23(33-3)20(10-15)26(31)32)19-12-21-16(13-28-29-21)11-22(19)30(25)18-7-5-17(27)6-8-18;1-14(2)25-24(20-10-16(26(31)32)5-4-15(20)3)21-12-22-17(13-28-29-22)11-23(21)30(25)19-8-6-18(27)7-9-19/h4-13H,1-3H3,(H,29,30)(H,32,33);4-14H,1-3H3,(H,28,29)(H,31,32);4-14H,1-3H3,(H,28,29)(H,31,32). The molecular formula is C78H65F4N9O8. The fraction of sp³-hybridized carbons (Fsp3) is 0.154. The number of hydrogen-bond donors (Lipinski definition) is 6. The number of nitrogens with zero attached hydrogens (tertiary/aromatic N) is 6. The van der Waals surface area contributed by atoms with Gasteiger partial charge in [-0.15, -0.1) is 0 Å². The lowest BCUT2D eigenvalue weighted by atomic mass is 9.92. The van der Waals surface area contributed by atoms with E-state index in [1.54, 1.807) is 85.3 Å². The van der Waals surface area contributed by atoms with E-state index in [1.807, 2.05) is 55.7 Å². The molecule has 0 atom stereocenters. The summed E-state index contributed by atoms with van der Waals surface area (Å²) in [5.41, 5.74) is 16.1. The summed E-state index contributed by atoms with van der Waals surface area (Å²) in [5, 5.41) is 55.8. The van der Waals surface area contributed by atoms with Crippen molar-refractivity contribution in [3.8, 4) is 61.9 Å². The van der Waals surface area contributed by atoms with Crippen molar-refractivity contribution < 1.29 is 56.7 Å². The Labute approximate surface area is 563 Å². The Balaban J connectivity index is 0.000000133. The molecule has 0 fully saturated rings. The highest BCUT2D eigenvalue weighted by Crippen LogP contribution is 2.48. The molecule has 0 bridgehead atoms. The molecule has 6 heterocycles. The summed E-state index contributed by atoms with van der Waals surface area (Å²) in [4.78, 5) is 35.2. The number of hydrogen-bond acceptors (Lipinski definition) is 8. The van der Waals surface area contributed by atoms with E-state index in [0.717, 1.165) is 127 Å². The number of benzene rings is 9. The maximum Gasteiger partial charge on any atom is 0.339 e. The number of aromatic carboxylic acids is 3. The first-order valence-corrected chi connectivity index (χ1v) is 31.7. The first-order valence-electron chi connectivity index (χ1n) is 31.7. The number of carbonyl (C=O) groups is 3. The summed E-state index contributed by atoms with van der Waals surface area (Å²) in [6.45, 7) is 14.4. The molecule has 0 amide bonds. The summed E-state index contributed by atoms with van der Waals surface area (Å²) in [5.74, 6) is -4.96. The topological polar surface area (TPSA) is 231 Å². The molecule has 15 rings (SSSR count). The number of nitrogens with one attached hydrogen (secondary N) is 3. The highest BCUT2D eigenvalue weighted by molar-refractivity contribution is 6.10. The summed E-state index contributed by atoms with van der Waals surface area (Å²) in [7, 11) is 2.77. The Morgan fingerprint density at radius 1 is 0.434 bits per heavy atom. The molecule has 0 unspecified atom stereocenters. The second-order valence-electron chi connectivity index (χ2n) is 25.0. The third kappa shape index (κ3) is 11.7. The van der Waals surface area contributed by atoms with E-state index in [1.165, 1.54) is 56.7 Å². The Morgan fingerprint density at radius 3 is 1.22 bits per heavy atom. The van der Waals surface area contributed by atoms with Crippen LogP contribution in [0.4, 0.5) is 17.6 Å². The van der Waals surface area contributed by atoms with Crippen molar-refractivity contribution in [2.75, 3.05) is 14.2 Å². The number of fused-ring (bicyclic) bond motifs is 6. The lowest BCUT2D eigenvalue weighted by Crippen LogP contribution is -2.06. The molecule has 99 heavy (non-hydrogen) atoms. The fourth-order valence-electron chi connectivity index (χ4n) is 13.5. The number of aromatic amines is 3. The van der Waals surface area contributed by atoms with Crippen LogP contribution in [-0.2, 0) is 0 Å². The van der Waals surface area contributed by atoms with Crippen molar-refractivity contribution in [1.82, 2.24) is 44.3 Å². The number of H-pyrrole nitrogens is 3. The van der Waals surface area contributed by atoms with E-state index in [-0.39, 0.29) is 52.1 Å². The summed E-state index contributed by atoms with van der Waals surface area (Å²) in [6.07, 6.45) is 5.26. The van der Waals surface area contributed by atoms with Crippen LogP contribution in [0.25, 0.3) is 116 Å². The number of aryl methyl sites for hydroxylation is 1. The molecule has 0 aliphatic rings. The van der Waals surface area contributed by atoms with Gasteiger partial charge in [-0.2, -0.15) is 15.3 Å². The van der Waals surface area contributed by atoms with Gasteiger partial charge in [0.25, 0.3) is 0 Å². The molecule has 0 saturated heterocycles. The Hall–Kier alpha value is -12.3. The molecule has 0 saturated carbocycles. The summed E-state index contributed by atoms with van der Waals surface area (Å²) < 4.78 is 73.3. The van der Waals surface area contributed by atoms with Crippen molar-refractivity contribution in [3.63, 3.8) is 0 Å². The van der Waals surface area contributed by atoms with Gasteiger partial charge < -0.3 is 38.5 Å². The molecule has 6 N–H and O–H groups in total. The van der Waals surface area contributed by atoms with Crippen LogP contribution >= 0.6 is 0 Å². The van der Waals surface area contributed by atoms with Gasteiger partial charge in [-0.05, 0) is 187 Å². The van der Waals surface area contributed by atoms with Crippen LogP contribution in [0.1, 0.15) is 113 Å². The number of carboxylic acids is 3. The molecule has 6 aromatic heterocycles. The molecular weight excluding hydrogens is 1270 g/mol. The van der Waals surface area contributed by atoms with E-state index in [2.05, 4.69) is 85.6 Å². The normalized spacial score (nSPS) is 11.6. The molecule has 0 aliphatic carbocycles. The number of methoxy groups -OCH3 is 2. The minimum Gasteiger partial charge on any atom is -0.496 e. The first kappa shape index (κ1) is 65.4. The first-order chi connectivity index (χ1) is 47.5. The molecule has 498 valence electrons. The predicted octanol–water partition coefficient (Wildman–Crippen LogP) is 18.9. The van der Waals surface area contributed by atoms with Crippen molar-refractivity contribution in [1.29, 1.82) is 0 Å². The Bertz CT molecular complexity index is 5680. The number of ether oxygens (including phenoxy) is 2. The lowest BCUT2D eigenvalue weighted by molar-refractivity contribution is 0.0681. The van der Waals surface area contributed by atoms with E-state index in [9.17, 15) is 42.9 Å². The third-order valence-corrected chi connectivity index (χ3v) is 17.9. The molecule has 0 spiro atoms. The van der Waals surface area contributed by atoms with E-state index in [4.69, 9.17) is 9.47 Å². The van der Waals surface area contributed by atoms with Gasteiger partial charge in [0.15, 0.2) is 11.6 Å². The summed E-state index contributed by atoms with van der Waals surface area (Å²) >= 11 is 0. The minimum absolute atomic E-state index is 0.0316. The fourth-order valence-corrected chi connectivity index (χ4v) is 13.5. The quantitative estimate of drug-likeness (QED) is 0.0561. The van der Waals surface area contributed by atoms with E-state index >= 15 is 4.39 Å². The highest BCUT2D eigenvalue weighted by Gasteiger charge is 2.30. The average molecular weight is 1330 g/mol. The zero-order valence-corrected chi connectivity index (χ0v) is 55.1. The van der Waals surface area contributed by atoms with Crippen LogP contribution in [0.5, 0.6) is 11.5 Å². The molecule has 21 heteroatoms.